The standard InChI is InChI=1S/C16H21N3O2/c1-3-19-14-7-5-4-6-13(14)17-16(19)12-10-15(20)18(11-12)8-9-21-2/h4-7,12H,3,8-11H2,1-2H3/t12-/m0/s1. The Morgan fingerprint density at radius 2 is 2.19 bits per heavy atom. The fourth-order valence-electron chi connectivity index (χ4n) is 3.10. The molecule has 1 aliphatic heterocycles. The highest BCUT2D eigenvalue weighted by Gasteiger charge is 2.33. The summed E-state index contributed by atoms with van der Waals surface area (Å²) in [6, 6.07) is 8.16. The van der Waals surface area contributed by atoms with Crippen molar-refractivity contribution in [3.63, 3.8) is 0 Å². The Morgan fingerprint density at radius 3 is 2.95 bits per heavy atom. The average Bonchev–Trinajstić information content (AvgIpc) is 3.05. The van der Waals surface area contributed by atoms with Crippen LogP contribution in [0.5, 0.6) is 0 Å². The molecule has 2 aromatic rings. The first kappa shape index (κ1) is 14.1. The third-order valence-electron chi connectivity index (χ3n) is 4.15. The zero-order valence-corrected chi connectivity index (χ0v) is 12.6. The molecule has 0 saturated carbocycles. The highest BCUT2D eigenvalue weighted by molar-refractivity contribution is 5.80. The number of imidazole rings is 1. The van der Waals surface area contributed by atoms with E-state index in [4.69, 9.17) is 9.72 Å². The fourth-order valence-corrected chi connectivity index (χ4v) is 3.10. The van der Waals surface area contributed by atoms with Gasteiger partial charge in [-0.15, -0.1) is 0 Å². The molecule has 1 saturated heterocycles. The Kier molecular flexibility index (Phi) is 3.92. The van der Waals surface area contributed by atoms with Gasteiger partial charge in [-0.1, -0.05) is 12.1 Å². The van der Waals surface area contributed by atoms with E-state index in [2.05, 4.69) is 17.6 Å². The van der Waals surface area contributed by atoms with Crippen LogP contribution >= 0.6 is 0 Å². The van der Waals surface area contributed by atoms with E-state index in [-0.39, 0.29) is 11.8 Å². The van der Waals surface area contributed by atoms with Crippen LogP contribution in [0.15, 0.2) is 24.3 Å². The van der Waals surface area contributed by atoms with Crippen molar-refractivity contribution in [1.82, 2.24) is 14.5 Å². The summed E-state index contributed by atoms with van der Waals surface area (Å²) in [5.41, 5.74) is 2.16. The number of methoxy groups -OCH3 is 1. The number of amides is 1. The van der Waals surface area contributed by atoms with Crippen molar-refractivity contribution >= 4 is 16.9 Å². The van der Waals surface area contributed by atoms with Crippen LogP contribution in [0, 0.1) is 0 Å². The van der Waals surface area contributed by atoms with Gasteiger partial charge in [0.1, 0.15) is 5.82 Å². The molecule has 1 fully saturated rings. The molecule has 0 aliphatic carbocycles. The molecule has 1 atom stereocenters. The number of hydrogen-bond acceptors (Lipinski definition) is 3. The lowest BCUT2D eigenvalue weighted by Gasteiger charge is -2.16. The lowest BCUT2D eigenvalue weighted by molar-refractivity contribution is -0.128. The minimum Gasteiger partial charge on any atom is -0.383 e. The van der Waals surface area contributed by atoms with Gasteiger partial charge in [-0.05, 0) is 19.1 Å². The number of likely N-dealkylation sites (tertiary alicyclic amines) is 1. The number of carbonyl (C=O) groups is 1. The number of aromatic nitrogens is 2. The summed E-state index contributed by atoms with van der Waals surface area (Å²) in [5, 5.41) is 0. The van der Waals surface area contributed by atoms with Crippen LogP contribution in [0.1, 0.15) is 25.1 Å². The molecule has 1 amide bonds. The first-order chi connectivity index (χ1) is 10.2. The van der Waals surface area contributed by atoms with Gasteiger partial charge in [-0.3, -0.25) is 4.79 Å². The number of carbonyl (C=O) groups excluding carboxylic acids is 1. The first-order valence-electron chi connectivity index (χ1n) is 7.46. The zero-order valence-electron chi connectivity index (χ0n) is 12.6. The number of para-hydroxylation sites is 2. The molecule has 1 aromatic carbocycles. The number of rotatable bonds is 5. The molecule has 1 aromatic heterocycles. The maximum atomic E-state index is 12.1. The van der Waals surface area contributed by atoms with Crippen molar-refractivity contribution in [2.45, 2.75) is 25.8 Å². The Bertz CT molecular complexity index is 650. The van der Waals surface area contributed by atoms with Crippen molar-refractivity contribution in [3.8, 4) is 0 Å². The van der Waals surface area contributed by atoms with E-state index in [0.29, 0.717) is 19.6 Å². The second-order valence-corrected chi connectivity index (χ2v) is 5.44. The summed E-state index contributed by atoms with van der Waals surface area (Å²) in [7, 11) is 1.66. The molecule has 0 N–H and O–H groups in total. The highest BCUT2D eigenvalue weighted by atomic mass is 16.5. The summed E-state index contributed by atoms with van der Waals surface area (Å²) >= 11 is 0. The van der Waals surface area contributed by atoms with Crippen LogP contribution in [-0.4, -0.2) is 47.2 Å². The van der Waals surface area contributed by atoms with E-state index in [1.807, 2.05) is 23.1 Å². The highest BCUT2D eigenvalue weighted by Crippen LogP contribution is 2.30. The quantitative estimate of drug-likeness (QED) is 0.845. The first-order valence-corrected chi connectivity index (χ1v) is 7.46. The smallest absolute Gasteiger partial charge is 0.223 e. The third-order valence-corrected chi connectivity index (χ3v) is 4.15. The number of ether oxygens (including phenoxy) is 1. The average molecular weight is 287 g/mol. The van der Waals surface area contributed by atoms with Crippen molar-refractivity contribution in [2.75, 3.05) is 26.8 Å². The van der Waals surface area contributed by atoms with Gasteiger partial charge < -0.3 is 14.2 Å². The molecular formula is C16H21N3O2. The lowest BCUT2D eigenvalue weighted by Crippen LogP contribution is -2.28. The van der Waals surface area contributed by atoms with Gasteiger partial charge in [0, 0.05) is 39.1 Å². The second kappa shape index (κ2) is 5.85. The van der Waals surface area contributed by atoms with Gasteiger partial charge in [-0.25, -0.2) is 4.98 Å². The molecule has 0 radical (unpaired) electrons. The second-order valence-electron chi connectivity index (χ2n) is 5.44. The summed E-state index contributed by atoms with van der Waals surface area (Å²) in [5.74, 6) is 1.42. The van der Waals surface area contributed by atoms with Crippen LogP contribution in [0.2, 0.25) is 0 Å². The number of hydrogen-bond donors (Lipinski definition) is 0. The van der Waals surface area contributed by atoms with Crippen LogP contribution < -0.4 is 0 Å². The Morgan fingerprint density at radius 1 is 1.38 bits per heavy atom. The predicted molar refractivity (Wildman–Crippen MR) is 81.2 cm³/mol. The van der Waals surface area contributed by atoms with Gasteiger partial charge in [0.15, 0.2) is 0 Å². The fraction of sp³-hybridized carbons (Fsp3) is 0.500. The minimum atomic E-state index is 0.182. The molecule has 0 unspecified atom stereocenters. The summed E-state index contributed by atoms with van der Waals surface area (Å²) in [6.45, 7) is 4.99. The Hall–Kier alpha value is -1.88. The van der Waals surface area contributed by atoms with Gasteiger partial charge in [0.05, 0.1) is 17.6 Å². The van der Waals surface area contributed by atoms with Crippen LogP contribution in [0.4, 0.5) is 0 Å². The van der Waals surface area contributed by atoms with Gasteiger partial charge in [-0.2, -0.15) is 0 Å². The Labute approximate surface area is 124 Å². The molecule has 5 heteroatoms. The van der Waals surface area contributed by atoms with E-state index >= 15 is 0 Å². The Balaban J connectivity index is 1.89. The van der Waals surface area contributed by atoms with Crippen LogP contribution in [-0.2, 0) is 16.1 Å². The zero-order chi connectivity index (χ0) is 14.8. The SMILES string of the molecule is CCn1c([C@H]2CC(=O)N(CCOC)C2)nc2ccccc21. The van der Waals surface area contributed by atoms with E-state index in [1.54, 1.807) is 7.11 Å². The van der Waals surface area contributed by atoms with E-state index in [0.717, 1.165) is 29.9 Å². The van der Waals surface area contributed by atoms with Crippen LogP contribution in [0.3, 0.4) is 0 Å². The van der Waals surface area contributed by atoms with Crippen molar-refractivity contribution in [3.05, 3.63) is 30.1 Å². The normalized spacial score (nSPS) is 18.9. The van der Waals surface area contributed by atoms with Gasteiger partial charge in [0.25, 0.3) is 0 Å². The number of benzene rings is 1. The molecule has 21 heavy (non-hydrogen) atoms. The predicted octanol–water partition coefficient (Wildman–Crippen LogP) is 2.02. The lowest BCUT2D eigenvalue weighted by atomic mass is 10.1. The van der Waals surface area contributed by atoms with Crippen LogP contribution in [0.25, 0.3) is 11.0 Å². The van der Waals surface area contributed by atoms with Crippen molar-refractivity contribution in [1.29, 1.82) is 0 Å². The monoisotopic (exact) mass is 287 g/mol. The van der Waals surface area contributed by atoms with Crippen molar-refractivity contribution in [2.24, 2.45) is 0 Å². The third kappa shape index (κ3) is 2.53. The molecule has 5 nitrogen and oxygen atoms in total. The number of fused-ring (bicyclic) bond motifs is 1. The molecule has 112 valence electrons. The van der Waals surface area contributed by atoms with Gasteiger partial charge in [0.2, 0.25) is 5.91 Å². The minimum absolute atomic E-state index is 0.182. The number of nitrogens with zero attached hydrogens (tertiary/aromatic N) is 3. The molecule has 3 rings (SSSR count). The molecule has 1 aliphatic rings. The largest absolute Gasteiger partial charge is 0.383 e. The van der Waals surface area contributed by atoms with Crippen molar-refractivity contribution < 1.29 is 9.53 Å². The summed E-state index contributed by atoms with van der Waals surface area (Å²) in [4.78, 5) is 18.8. The topological polar surface area (TPSA) is 47.4 Å². The van der Waals surface area contributed by atoms with Gasteiger partial charge >= 0.3 is 0 Å². The maximum Gasteiger partial charge on any atom is 0.223 e. The van der Waals surface area contributed by atoms with E-state index in [1.165, 1.54) is 0 Å². The summed E-state index contributed by atoms with van der Waals surface area (Å²) in [6.07, 6.45) is 0.549. The molecule has 0 bridgehead atoms. The molecule has 0 spiro atoms. The van der Waals surface area contributed by atoms with E-state index < -0.39 is 0 Å². The summed E-state index contributed by atoms with van der Waals surface area (Å²) < 4.78 is 7.30. The molecular weight excluding hydrogens is 266 g/mol. The molecule has 2 heterocycles. The van der Waals surface area contributed by atoms with E-state index in [9.17, 15) is 4.79 Å². The number of aryl methyl sites for hydroxylation is 1. The maximum absolute atomic E-state index is 12.1.